The van der Waals surface area contributed by atoms with Crippen molar-refractivity contribution in [3.63, 3.8) is 0 Å². The van der Waals surface area contributed by atoms with Gasteiger partial charge in [0.2, 0.25) is 0 Å². The SMILES string of the molecule is N#CC(Sc1ccc(Cl)cc1)C1CCCCC1. The van der Waals surface area contributed by atoms with Gasteiger partial charge in [0.15, 0.2) is 0 Å². The summed E-state index contributed by atoms with van der Waals surface area (Å²) in [5.41, 5.74) is 0. The molecule has 0 aromatic heterocycles. The molecule has 1 unspecified atom stereocenters. The molecule has 1 aliphatic carbocycles. The molecule has 0 saturated heterocycles. The molecule has 0 heterocycles. The lowest BCUT2D eigenvalue weighted by Crippen LogP contribution is -2.18. The molecule has 1 saturated carbocycles. The van der Waals surface area contributed by atoms with Crippen molar-refractivity contribution in [3.8, 4) is 6.07 Å². The summed E-state index contributed by atoms with van der Waals surface area (Å²) in [5, 5.41) is 10.1. The number of nitriles is 1. The minimum atomic E-state index is 0.0940. The second kappa shape index (κ2) is 6.33. The topological polar surface area (TPSA) is 23.8 Å². The molecule has 17 heavy (non-hydrogen) atoms. The zero-order valence-electron chi connectivity index (χ0n) is 9.73. The van der Waals surface area contributed by atoms with Crippen LogP contribution < -0.4 is 0 Å². The number of benzene rings is 1. The fourth-order valence-corrected chi connectivity index (χ4v) is 3.55. The first kappa shape index (κ1) is 12.8. The summed E-state index contributed by atoms with van der Waals surface area (Å²) in [6, 6.07) is 10.2. The van der Waals surface area contributed by atoms with E-state index in [1.165, 1.54) is 32.1 Å². The molecule has 1 aliphatic rings. The molecular formula is C14H16ClNS. The largest absolute Gasteiger partial charge is 0.197 e. The Kier molecular flexibility index (Phi) is 4.76. The van der Waals surface area contributed by atoms with Gasteiger partial charge in [-0.3, -0.25) is 0 Å². The van der Waals surface area contributed by atoms with Gasteiger partial charge in [-0.1, -0.05) is 30.9 Å². The van der Waals surface area contributed by atoms with E-state index < -0.39 is 0 Å². The van der Waals surface area contributed by atoms with Crippen LogP contribution in [-0.2, 0) is 0 Å². The van der Waals surface area contributed by atoms with Crippen molar-refractivity contribution in [3.05, 3.63) is 29.3 Å². The van der Waals surface area contributed by atoms with Gasteiger partial charge < -0.3 is 0 Å². The van der Waals surface area contributed by atoms with Crippen molar-refractivity contribution in [2.24, 2.45) is 5.92 Å². The highest BCUT2D eigenvalue weighted by Crippen LogP contribution is 2.36. The lowest BCUT2D eigenvalue weighted by atomic mass is 9.87. The molecule has 0 spiro atoms. The highest BCUT2D eigenvalue weighted by Gasteiger charge is 2.24. The number of nitrogens with zero attached hydrogens (tertiary/aromatic N) is 1. The van der Waals surface area contributed by atoms with Crippen LogP contribution in [0.15, 0.2) is 29.2 Å². The average Bonchev–Trinajstić information content (AvgIpc) is 2.39. The van der Waals surface area contributed by atoms with Gasteiger partial charge in [0.1, 0.15) is 0 Å². The first-order valence-corrected chi connectivity index (χ1v) is 7.37. The molecule has 2 rings (SSSR count). The Morgan fingerprint density at radius 3 is 2.41 bits per heavy atom. The molecule has 1 aromatic rings. The molecule has 0 bridgehead atoms. The smallest absolute Gasteiger partial charge is 0.0991 e. The minimum Gasteiger partial charge on any atom is -0.197 e. The monoisotopic (exact) mass is 265 g/mol. The molecule has 3 heteroatoms. The van der Waals surface area contributed by atoms with Crippen LogP contribution in [-0.4, -0.2) is 5.25 Å². The lowest BCUT2D eigenvalue weighted by Gasteiger charge is -2.25. The standard InChI is InChI=1S/C14H16ClNS/c15-12-6-8-13(9-7-12)17-14(10-16)11-4-2-1-3-5-11/h6-9,11,14H,1-5H2. The van der Waals surface area contributed by atoms with E-state index in [9.17, 15) is 5.26 Å². The Balaban J connectivity index is 1.99. The minimum absolute atomic E-state index is 0.0940. The Morgan fingerprint density at radius 1 is 1.18 bits per heavy atom. The normalized spacial score (nSPS) is 18.6. The molecule has 1 atom stereocenters. The van der Waals surface area contributed by atoms with Gasteiger partial charge in [0.25, 0.3) is 0 Å². The van der Waals surface area contributed by atoms with Crippen LogP contribution in [0.2, 0.25) is 5.02 Å². The Hall–Kier alpha value is -0.650. The third-order valence-corrected chi connectivity index (χ3v) is 4.82. The van der Waals surface area contributed by atoms with Crippen molar-refractivity contribution >= 4 is 23.4 Å². The third-order valence-electron chi connectivity index (χ3n) is 3.28. The van der Waals surface area contributed by atoms with Crippen molar-refractivity contribution in [2.75, 3.05) is 0 Å². The molecular weight excluding hydrogens is 250 g/mol. The molecule has 0 radical (unpaired) electrons. The van der Waals surface area contributed by atoms with Gasteiger partial charge in [-0.2, -0.15) is 5.26 Å². The molecule has 0 amide bonds. The summed E-state index contributed by atoms with van der Waals surface area (Å²) in [7, 11) is 0. The van der Waals surface area contributed by atoms with E-state index in [1.807, 2.05) is 24.3 Å². The summed E-state index contributed by atoms with van der Waals surface area (Å²) in [6.07, 6.45) is 6.31. The number of rotatable bonds is 3. The maximum Gasteiger partial charge on any atom is 0.0991 e. The van der Waals surface area contributed by atoms with Crippen LogP contribution in [0.3, 0.4) is 0 Å². The summed E-state index contributed by atoms with van der Waals surface area (Å²) >= 11 is 7.54. The molecule has 0 N–H and O–H groups in total. The summed E-state index contributed by atoms with van der Waals surface area (Å²) < 4.78 is 0. The fraction of sp³-hybridized carbons (Fsp3) is 0.500. The van der Waals surface area contributed by atoms with Crippen LogP contribution in [0.5, 0.6) is 0 Å². The Labute approximate surface area is 112 Å². The van der Waals surface area contributed by atoms with Crippen LogP contribution in [0, 0.1) is 17.2 Å². The first-order chi connectivity index (χ1) is 8.29. The fourth-order valence-electron chi connectivity index (χ4n) is 2.32. The Bertz CT molecular complexity index is 390. The molecule has 0 aliphatic heterocycles. The first-order valence-electron chi connectivity index (χ1n) is 6.11. The number of hydrogen-bond donors (Lipinski definition) is 0. The molecule has 1 nitrogen and oxygen atoms in total. The van der Waals surface area contributed by atoms with Gasteiger partial charge in [-0.05, 0) is 43.0 Å². The van der Waals surface area contributed by atoms with Crippen LogP contribution in [0.4, 0.5) is 0 Å². The van der Waals surface area contributed by atoms with E-state index in [4.69, 9.17) is 11.6 Å². The summed E-state index contributed by atoms with van der Waals surface area (Å²) in [4.78, 5) is 1.14. The average molecular weight is 266 g/mol. The van der Waals surface area contributed by atoms with E-state index in [1.54, 1.807) is 11.8 Å². The van der Waals surface area contributed by atoms with Gasteiger partial charge in [0, 0.05) is 9.92 Å². The predicted molar refractivity (Wildman–Crippen MR) is 73.3 cm³/mol. The lowest BCUT2D eigenvalue weighted by molar-refractivity contribution is 0.370. The molecule has 1 aromatic carbocycles. The van der Waals surface area contributed by atoms with E-state index in [2.05, 4.69) is 6.07 Å². The van der Waals surface area contributed by atoms with E-state index >= 15 is 0 Å². The molecule has 1 fully saturated rings. The quantitative estimate of drug-likeness (QED) is 0.726. The maximum absolute atomic E-state index is 9.30. The van der Waals surface area contributed by atoms with Gasteiger partial charge in [-0.25, -0.2) is 0 Å². The zero-order chi connectivity index (χ0) is 12.1. The predicted octanol–water partition coefficient (Wildman–Crippen LogP) is 4.90. The van der Waals surface area contributed by atoms with Crippen molar-refractivity contribution < 1.29 is 0 Å². The highest BCUT2D eigenvalue weighted by molar-refractivity contribution is 8.00. The Morgan fingerprint density at radius 2 is 1.82 bits per heavy atom. The second-order valence-electron chi connectivity index (χ2n) is 4.52. The number of thioether (sulfide) groups is 1. The highest BCUT2D eigenvalue weighted by atomic mass is 35.5. The van der Waals surface area contributed by atoms with Gasteiger partial charge in [-0.15, -0.1) is 11.8 Å². The van der Waals surface area contributed by atoms with E-state index in [0.29, 0.717) is 5.92 Å². The third kappa shape index (κ3) is 3.66. The van der Waals surface area contributed by atoms with Crippen LogP contribution >= 0.6 is 23.4 Å². The van der Waals surface area contributed by atoms with E-state index in [0.717, 1.165) is 9.92 Å². The molecule has 90 valence electrons. The van der Waals surface area contributed by atoms with Crippen LogP contribution in [0.1, 0.15) is 32.1 Å². The van der Waals surface area contributed by atoms with E-state index in [-0.39, 0.29) is 5.25 Å². The number of halogens is 1. The number of hydrogen-bond acceptors (Lipinski definition) is 2. The maximum atomic E-state index is 9.30. The van der Waals surface area contributed by atoms with Gasteiger partial charge >= 0.3 is 0 Å². The van der Waals surface area contributed by atoms with Crippen molar-refractivity contribution in [1.29, 1.82) is 5.26 Å². The summed E-state index contributed by atoms with van der Waals surface area (Å²) in [6.45, 7) is 0. The second-order valence-corrected chi connectivity index (χ2v) is 6.17. The van der Waals surface area contributed by atoms with Crippen molar-refractivity contribution in [2.45, 2.75) is 42.2 Å². The zero-order valence-corrected chi connectivity index (χ0v) is 11.3. The van der Waals surface area contributed by atoms with Gasteiger partial charge in [0.05, 0.1) is 11.3 Å². The van der Waals surface area contributed by atoms with Crippen molar-refractivity contribution in [1.82, 2.24) is 0 Å². The van der Waals surface area contributed by atoms with Crippen LogP contribution in [0.25, 0.3) is 0 Å². The summed E-state index contributed by atoms with van der Waals surface area (Å²) in [5.74, 6) is 0.564.